The van der Waals surface area contributed by atoms with Gasteiger partial charge in [-0.1, -0.05) is 41.9 Å². The first-order chi connectivity index (χ1) is 16.7. The average molecular weight is 475 g/mol. The molecule has 1 aliphatic rings. The van der Waals surface area contributed by atoms with E-state index < -0.39 is 0 Å². The van der Waals surface area contributed by atoms with E-state index >= 15 is 0 Å². The number of carbonyl (C=O) groups is 1. The number of halogens is 1. The molecule has 0 unspecified atom stereocenters. The van der Waals surface area contributed by atoms with Gasteiger partial charge in [0.05, 0.1) is 0 Å². The van der Waals surface area contributed by atoms with Crippen molar-refractivity contribution >= 4 is 29.0 Å². The van der Waals surface area contributed by atoms with Crippen LogP contribution in [0.4, 0.5) is 5.82 Å². The van der Waals surface area contributed by atoms with E-state index in [4.69, 9.17) is 16.7 Å². The molecule has 4 aromatic rings. The second-order valence-corrected chi connectivity index (χ2v) is 9.07. The third-order valence-corrected chi connectivity index (χ3v) is 6.58. The maximum absolute atomic E-state index is 12.6. The first kappa shape index (κ1) is 22.3. The number of fused-ring (bicyclic) bond motifs is 1. The Balaban J connectivity index is 1.16. The summed E-state index contributed by atoms with van der Waals surface area (Å²) in [6.45, 7) is 2.30. The lowest BCUT2D eigenvalue weighted by Gasteiger charge is -2.32. The Morgan fingerprint density at radius 1 is 0.971 bits per heavy atom. The number of amides is 1. The summed E-state index contributed by atoms with van der Waals surface area (Å²) in [5.74, 6) is 1.76. The number of piperidine rings is 1. The smallest absolute Gasteiger partial charge is 0.223 e. The van der Waals surface area contributed by atoms with Gasteiger partial charge < -0.3 is 10.2 Å². The van der Waals surface area contributed by atoms with E-state index in [1.807, 2.05) is 42.5 Å². The molecule has 0 bridgehead atoms. The summed E-state index contributed by atoms with van der Waals surface area (Å²) in [5, 5.41) is 17.1. The van der Waals surface area contributed by atoms with Crippen LogP contribution < -0.4 is 10.2 Å². The Hall–Kier alpha value is -3.45. The number of nitrogens with one attached hydrogen (secondary N) is 1. The van der Waals surface area contributed by atoms with Crippen LogP contribution in [0.25, 0.3) is 17.0 Å². The summed E-state index contributed by atoms with van der Waals surface area (Å²) >= 11 is 6.02. The standard InChI is InChI=1S/C26H27ClN6O/c27-22-10-8-20(9-11-22)25-30-29-23-12-13-24(31-33(23)25)32-17-14-21(15-18-32)26(34)28-16-4-7-19-5-2-1-3-6-19/h1-3,5-6,8-13,21H,4,7,14-18H2,(H,28,34). The van der Waals surface area contributed by atoms with Crippen molar-refractivity contribution < 1.29 is 4.79 Å². The number of hydrogen-bond donors (Lipinski definition) is 1. The van der Waals surface area contributed by atoms with Crippen LogP contribution in [0, 0.1) is 5.92 Å². The van der Waals surface area contributed by atoms with E-state index in [0.717, 1.165) is 50.2 Å². The zero-order chi connectivity index (χ0) is 23.3. The number of nitrogens with zero attached hydrogens (tertiary/aromatic N) is 5. The van der Waals surface area contributed by atoms with Crippen molar-refractivity contribution in [2.24, 2.45) is 5.92 Å². The molecule has 0 spiro atoms. The number of anilines is 1. The molecule has 0 aliphatic carbocycles. The Morgan fingerprint density at radius 3 is 2.50 bits per heavy atom. The molecular weight excluding hydrogens is 448 g/mol. The summed E-state index contributed by atoms with van der Waals surface area (Å²) in [6, 6.07) is 21.8. The highest BCUT2D eigenvalue weighted by molar-refractivity contribution is 6.30. The quantitative estimate of drug-likeness (QED) is 0.401. The first-order valence-electron chi connectivity index (χ1n) is 11.7. The van der Waals surface area contributed by atoms with Gasteiger partial charge in [-0.25, -0.2) is 0 Å². The lowest BCUT2D eigenvalue weighted by molar-refractivity contribution is -0.125. The molecule has 174 valence electrons. The molecule has 8 heteroatoms. The van der Waals surface area contributed by atoms with Gasteiger partial charge in [-0.15, -0.1) is 15.3 Å². The topological polar surface area (TPSA) is 75.4 Å². The normalized spacial score (nSPS) is 14.4. The number of aryl methyl sites for hydroxylation is 1. The highest BCUT2D eigenvalue weighted by Crippen LogP contribution is 2.24. The molecule has 0 saturated carbocycles. The average Bonchev–Trinajstić information content (AvgIpc) is 3.31. The summed E-state index contributed by atoms with van der Waals surface area (Å²) in [6.07, 6.45) is 3.56. The molecule has 1 saturated heterocycles. The number of rotatable bonds is 7. The van der Waals surface area contributed by atoms with Crippen LogP contribution in [0.2, 0.25) is 5.02 Å². The largest absolute Gasteiger partial charge is 0.356 e. The highest BCUT2D eigenvalue weighted by Gasteiger charge is 2.26. The van der Waals surface area contributed by atoms with Crippen LogP contribution in [0.1, 0.15) is 24.8 Å². The Bertz CT molecular complexity index is 1250. The molecule has 1 amide bonds. The summed E-state index contributed by atoms with van der Waals surface area (Å²) in [4.78, 5) is 14.9. The predicted octanol–water partition coefficient (Wildman–Crippen LogP) is 4.41. The van der Waals surface area contributed by atoms with Gasteiger partial charge in [0.15, 0.2) is 11.5 Å². The Kier molecular flexibility index (Phi) is 6.72. The van der Waals surface area contributed by atoms with Crippen molar-refractivity contribution in [1.29, 1.82) is 0 Å². The first-order valence-corrected chi connectivity index (χ1v) is 12.1. The van der Waals surface area contributed by atoms with Gasteiger partial charge in [0.2, 0.25) is 5.91 Å². The van der Waals surface area contributed by atoms with Crippen molar-refractivity contribution in [2.45, 2.75) is 25.7 Å². The fourth-order valence-electron chi connectivity index (χ4n) is 4.39. The fraction of sp³-hybridized carbons (Fsp3) is 0.308. The van der Waals surface area contributed by atoms with Crippen molar-refractivity contribution in [1.82, 2.24) is 25.1 Å². The SMILES string of the molecule is O=C(NCCCc1ccccc1)C1CCN(c2ccc3nnc(-c4ccc(Cl)cc4)n3n2)CC1. The molecule has 3 heterocycles. The van der Waals surface area contributed by atoms with E-state index in [-0.39, 0.29) is 11.8 Å². The van der Waals surface area contributed by atoms with E-state index in [9.17, 15) is 4.79 Å². The summed E-state index contributed by atoms with van der Waals surface area (Å²) < 4.78 is 1.77. The minimum absolute atomic E-state index is 0.0521. The molecule has 0 radical (unpaired) electrons. The van der Waals surface area contributed by atoms with Crippen LogP contribution in [0.3, 0.4) is 0 Å². The van der Waals surface area contributed by atoms with Crippen molar-refractivity contribution in [2.75, 3.05) is 24.5 Å². The number of aromatic nitrogens is 4. The fourth-order valence-corrected chi connectivity index (χ4v) is 4.52. The molecule has 1 N–H and O–H groups in total. The van der Waals surface area contributed by atoms with Gasteiger partial charge in [0, 0.05) is 36.1 Å². The van der Waals surface area contributed by atoms with E-state index in [2.05, 4.69) is 44.7 Å². The van der Waals surface area contributed by atoms with Gasteiger partial charge in [-0.05, 0) is 67.6 Å². The van der Waals surface area contributed by atoms with E-state index in [0.29, 0.717) is 23.0 Å². The number of carbonyl (C=O) groups excluding carboxylic acids is 1. The monoisotopic (exact) mass is 474 g/mol. The van der Waals surface area contributed by atoms with Crippen LogP contribution in [0.15, 0.2) is 66.7 Å². The molecule has 2 aromatic heterocycles. The minimum atomic E-state index is 0.0521. The highest BCUT2D eigenvalue weighted by atomic mass is 35.5. The number of benzene rings is 2. The van der Waals surface area contributed by atoms with Crippen molar-refractivity contribution in [3.63, 3.8) is 0 Å². The van der Waals surface area contributed by atoms with Gasteiger partial charge in [0.25, 0.3) is 0 Å². The molecule has 34 heavy (non-hydrogen) atoms. The number of hydrogen-bond acceptors (Lipinski definition) is 5. The Morgan fingerprint density at radius 2 is 1.74 bits per heavy atom. The van der Waals surface area contributed by atoms with Crippen LogP contribution in [-0.2, 0) is 11.2 Å². The summed E-state index contributed by atoms with van der Waals surface area (Å²) in [7, 11) is 0. The molecule has 5 rings (SSSR count). The van der Waals surface area contributed by atoms with Crippen molar-refractivity contribution in [3.8, 4) is 11.4 Å². The maximum atomic E-state index is 12.6. The van der Waals surface area contributed by atoms with Gasteiger partial charge >= 0.3 is 0 Å². The van der Waals surface area contributed by atoms with Crippen LogP contribution >= 0.6 is 11.6 Å². The molecule has 1 fully saturated rings. The lowest BCUT2D eigenvalue weighted by atomic mass is 9.96. The predicted molar refractivity (Wildman–Crippen MR) is 134 cm³/mol. The van der Waals surface area contributed by atoms with Crippen LogP contribution in [0.5, 0.6) is 0 Å². The zero-order valence-corrected chi connectivity index (χ0v) is 19.7. The van der Waals surface area contributed by atoms with Gasteiger partial charge in [-0.2, -0.15) is 4.52 Å². The van der Waals surface area contributed by atoms with Crippen LogP contribution in [-0.4, -0.2) is 45.4 Å². The molecule has 0 atom stereocenters. The third-order valence-electron chi connectivity index (χ3n) is 6.33. The lowest BCUT2D eigenvalue weighted by Crippen LogP contribution is -2.41. The van der Waals surface area contributed by atoms with Gasteiger partial charge in [-0.3, -0.25) is 4.79 Å². The second-order valence-electron chi connectivity index (χ2n) is 8.63. The summed E-state index contributed by atoms with van der Waals surface area (Å²) in [5.41, 5.74) is 2.91. The van der Waals surface area contributed by atoms with Crippen molar-refractivity contribution in [3.05, 3.63) is 77.3 Å². The molecular formula is C26H27ClN6O. The van der Waals surface area contributed by atoms with E-state index in [1.54, 1.807) is 4.52 Å². The third kappa shape index (κ3) is 5.04. The molecule has 7 nitrogen and oxygen atoms in total. The van der Waals surface area contributed by atoms with E-state index in [1.165, 1.54) is 5.56 Å². The Labute approximate surface area is 203 Å². The molecule has 1 aliphatic heterocycles. The minimum Gasteiger partial charge on any atom is -0.356 e. The zero-order valence-electron chi connectivity index (χ0n) is 18.9. The molecule has 2 aromatic carbocycles. The van der Waals surface area contributed by atoms with Gasteiger partial charge in [0.1, 0.15) is 5.82 Å². The maximum Gasteiger partial charge on any atom is 0.223 e. The second kappa shape index (κ2) is 10.2.